The average molecular weight is 332 g/mol. The van der Waals surface area contributed by atoms with Gasteiger partial charge >= 0.3 is 5.97 Å². The van der Waals surface area contributed by atoms with E-state index in [9.17, 15) is 13.2 Å². The Morgan fingerprint density at radius 3 is 2.70 bits per heavy atom. The molecule has 0 bridgehead atoms. The number of thiazole rings is 1. The molecule has 0 aromatic carbocycles. The highest BCUT2D eigenvalue weighted by atomic mass is 32.2. The second kappa shape index (κ2) is 5.60. The lowest BCUT2D eigenvalue weighted by molar-refractivity contribution is 0.0687. The summed E-state index contributed by atoms with van der Waals surface area (Å²) in [5.74, 6) is -1.36. The van der Waals surface area contributed by atoms with Crippen LogP contribution in [0.1, 0.15) is 33.2 Å². The maximum atomic E-state index is 12.2. The van der Waals surface area contributed by atoms with Crippen LogP contribution in [0.15, 0.2) is 21.9 Å². The number of hydrogen-bond acceptors (Lipinski definition) is 6. The van der Waals surface area contributed by atoms with Gasteiger partial charge in [-0.2, -0.15) is 0 Å². The van der Waals surface area contributed by atoms with Gasteiger partial charge in [-0.3, -0.25) is 0 Å². The van der Waals surface area contributed by atoms with Crippen LogP contribution in [0, 0.1) is 6.92 Å². The molecule has 0 amide bonds. The molecule has 0 aliphatic carbocycles. The molecule has 20 heavy (non-hydrogen) atoms. The van der Waals surface area contributed by atoms with Crippen molar-refractivity contribution >= 4 is 38.7 Å². The number of sulfonamides is 1. The molecule has 9 heteroatoms. The van der Waals surface area contributed by atoms with E-state index in [1.54, 1.807) is 6.92 Å². The Labute approximate surface area is 124 Å². The van der Waals surface area contributed by atoms with Gasteiger partial charge in [0.25, 0.3) is 10.0 Å². The minimum atomic E-state index is -3.90. The molecule has 2 rings (SSSR count). The third kappa shape index (κ3) is 3.06. The minimum absolute atomic E-state index is 0.273. The zero-order valence-electron chi connectivity index (χ0n) is 10.7. The normalized spacial score (nSPS) is 13.3. The third-order valence-electron chi connectivity index (χ3n) is 2.50. The number of nitrogens with zero attached hydrogens (tertiary/aromatic N) is 1. The molecule has 0 aliphatic heterocycles. The maximum Gasteiger partial charge on any atom is 0.356 e. The lowest BCUT2D eigenvalue weighted by atomic mass is 10.3. The first-order valence-electron chi connectivity index (χ1n) is 5.56. The number of nitrogens with one attached hydrogen (secondary N) is 1. The molecule has 108 valence electrons. The van der Waals surface area contributed by atoms with Crippen molar-refractivity contribution < 1.29 is 18.3 Å². The van der Waals surface area contributed by atoms with E-state index >= 15 is 0 Å². The summed E-state index contributed by atoms with van der Waals surface area (Å²) in [7, 11) is -3.90. The highest BCUT2D eigenvalue weighted by Crippen LogP contribution is 2.26. The molecule has 1 atom stereocenters. The molecular weight excluding hydrogens is 320 g/mol. The molecule has 2 aromatic heterocycles. The van der Waals surface area contributed by atoms with Crippen molar-refractivity contribution in [1.29, 1.82) is 0 Å². The molecule has 2 heterocycles. The smallest absolute Gasteiger partial charge is 0.356 e. The molecule has 0 saturated carbocycles. The Bertz CT molecular complexity index is 732. The topological polar surface area (TPSA) is 96.4 Å². The van der Waals surface area contributed by atoms with Gasteiger partial charge in [0.05, 0.1) is 11.6 Å². The van der Waals surface area contributed by atoms with Crippen LogP contribution >= 0.6 is 22.7 Å². The monoisotopic (exact) mass is 332 g/mol. The molecule has 2 aromatic rings. The number of rotatable bonds is 5. The number of aromatic carboxylic acids is 1. The Hall–Kier alpha value is -1.29. The van der Waals surface area contributed by atoms with E-state index in [1.807, 2.05) is 19.1 Å². The van der Waals surface area contributed by atoms with E-state index in [1.165, 1.54) is 16.8 Å². The van der Waals surface area contributed by atoms with Crippen LogP contribution in [-0.2, 0) is 10.0 Å². The van der Waals surface area contributed by atoms with E-state index in [0.717, 1.165) is 21.1 Å². The molecule has 0 fully saturated rings. The number of carboxylic acids is 1. The zero-order chi connectivity index (χ0) is 14.9. The van der Waals surface area contributed by atoms with Gasteiger partial charge in [0.2, 0.25) is 0 Å². The number of carbonyl (C=O) groups is 1. The number of carboxylic acid groups (broad SMARTS) is 1. The second-order valence-corrected chi connectivity index (χ2v) is 8.17. The van der Waals surface area contributed by atoms with E-state index < -0.39 is 27.7 Å². The molecule has 0 radical (unpaired) electrons. The van der Waals surface area contributed by atoms with Gasteiger partial charge in [0.15, 0.2) is 9.90 Å². The Balaban J connectivity index is 2.27. The van der Waals surface area contributed by atoms with Crippen LogP contribution in [0.3, 0.4) is 0 Å². The number of thiophene rings is 1. The number of hydrogen-bond donors (Lipinski definition) is 2. The molecule has 1 unspecified atom stereocenters. The van der Waals surface area contributed by atoms with Gasteiger partial charge in [0.1, 0.15) is 0 Å². The molecule has 0 spiro atoms. The van der Waals surface area contributed by atoms with Gasteiger partial charge in [-0.1, -0.05) is 0 Å². The Morgan fingerprint density at radius 2 is 2.15 bits per heavy atom. The van der Waals surface area contributed by atoms with Gasteiger partial charge in [-0.05, 0) is 26.0 Å². The van der Waals surface area contributed by atoms with E-state index in [0.29, 0.717) is 0 Å². The Kier molecular flexibility index (Phi) is 4.23. The second-order valence-electron chi connectivity index (χ2n) is 4.08. The highest BCUT2D eigenvalue weighted by Gasteiger charge is 2.27. The third-order valence-corrected chi connectivity index (χ3v) is 6.60. The van der Waals surface area contributed by atoms with Crippen molar-refractivity contribution in [3.63, 3.8) is 0 Å². The summed E-state index contributed by atoms with van der Waals surface area (Å²) < 4.78 is 26.6. The summed E-state index contributed by atoms with van der Waals surface area (Å²) in [6, 6.07) is 3.32. The van der Waals surface area contributed by atoms with Crippen LogP contribution in [0.4, 0.5) is 0 Å². The van der Waals surface area contributed by atoms with Crippen LogP contribution in [0.2, 0.25) is 0 Å². The molecule has 6 nitrogen and oxygen atoms in total. The van der Waals surface area contributed by atoms with Crippen molar-refractivity contribution in [2.24, 2.45) is 0 Å². The van der Waals surface area contributed by atoms with E-state index in [2.05, 4.69) is 9.71 Å². The fourth-order valence-corrected chi connectivity index (χ4v) is 4.93. The summed E-state index contributed by atoms with van der Waals surface area (Å²) in [4.78, 5) is 16.5. The van der Waals surface area contributed by atoms with Crippen molar-refractivity contribution in [3.8, 4) is 0 Å². The maximum absolute atomic E-state index is 12.2. The fraction of sp³-hybridized carbons (Fsp3) is 0.273. The van der Waals surface area contributed by atoms with Crippen LogP contribution in [0.5, 0.6) is 0 Å². The highest BCUT2D eigenvalue weighted by molar-refractivity contribution is 7.91. The average Bonchev–Trinajstić information content (AvgIpc) is 2.96. The quantitative estimate of drug-likeness (QED) is 0.875. The summed E-state index contributed by atoms with van der Waals surface area (Å²) in [5, 5.41) is 8.93. The van der Waals surface area contributed by atoms with Crippen LogP contribution < -0.4 is 4.72 Å². The van der Waals surface area contributed by atoms with Crippen LogP contribution in [-0.4, -0.2) is 24.5 Å². The molecule has 0 aliphatic rings. The fourth-order valence-electron chi connectivity index (χ4n) is 1.60. The van der Waals surface area contributed by atoms with Gasteiger partial charge < -0.3 is 5.11 Å². The summed E-state index contributed by atoms with van der Waals surface area (Å²) in [6.45, 7) is 3.64. The van der Waals surface area contributed by atoms with Gasteiger partial charge in [-0.25, -0.2) is 22.9 Å². The predicted molar refractivity (Wildman–Crippen MR) is 76.9 cm³/mol. The first-order valence-corrected chi connectivity index (χ1v) is 8.74. The first-order chi connectivity index (χ1) is 9.31. The van der Waals surface area contributed by atoms with Crippen molar-refractivity contribution in [3.05, 3.63) is 33.1 Å². The zero-order valence-corrected chi connectivity index (χ0v) is 13.1. The number of aryl methyl sites for hydroxylation is 1. The summed E-state index contributed by atoms with van der Waals surface area (Å²) >= 11 is 2.28. The predicted octanol–water partition coefficient (Wildman–Crippen LogP) is 2.25. The van der Waals surface area contributed by atoms with E-state index in [4.69, 9.17) is 5.11 Å². The van der Waals surface area contributed by atoms with Gasteiger partial charge in [-0.15, -0.1) is 22.7 Å². The largest absolute Gasteiger partial charge is 0.476 e. The van der Waals surface area contributed by atoms with Crippen molar-refractivity contribution in [2.45, 2.75) is 24.1 Å². The van der Waals surface area contributed by atoms with Crippen molar-refractivity contribution in [1.82, 2.24) is 9.71 Å². The lowest BCUT2D eigenvalue weighted by Gasteiger charge is -2.11. The van der Waals surface area contributed by atoms with Crippen molar-refractivity contribution in [2.75, 3.05) is 0 Å². The van der Waals surface area contributed by atoms with E-state index in [-0.39, 0.29) is 4.21 Å². The molecular formula is C11H12N2O4S3. The molecule has 2 N–H and O–H groups in total. The Morgan fingerprint density at radius 1 is 1.45 bits per heavy atom. The lowest BCUT2D eigenvalue weighted by Crippen LogP contribution is -2.27. The van der Waals surface area contributed by atoms with Crippen LogP contribution in [0.25, 0.3) is 0 Å². The summed E-state index contributed by atoms with van der Waals surface area (Å²) in [5.41, 5.74) is 0.759. The minimum Gasteiger partial charge on any atom is -0.476 e. The standard InChI is InChI=1S/C11H12N2O4S3/c1-6-3-4-8(19-6)7(2)13-20(16,17)11-9(10(14)15)12-5-18-11/h3-5,7,13H,1-2H3,(H,14,15). The van der Waals surface area contributed by atoms with Gasteiger partial charge in [0, 0.05) is 9.75 Å². The first kappa shape index (κ1) is 15.1. The molecule has 0 saturated heterocycles. The number of aromatic nitrogens is 1. The summed E-state index contributed by atoms with van der Waals surface area (Å²) in [6.07, 6.45) is 0. The SMILES string of the molecule is Cc1ccc(C(C)NS(=O)(=O)c2scnc2C(=O)O)s1.